The minimum atomic E-state index is 0.707. The normalized spacial score (nSPS) is 10.7. The van der Waals surface area contributed by atoms with Gasteiger partial charge in [-0.25, -0.2) is 0 Å². The second kappa shape index (κ2) is 6.05. The zero-order valence-corrected chi connectivity index (χ0v) is 10.7. The summed E-state index contributed by atoms with van der Waals surface area (Å²) >= 11 is 12.0. The largest absolute Gasteiger partial charge is 0.311 e. The van der Waals surface area contributed by atoms with Crippen molar-refractivity contribution in [3.63, 3.8) is 0 Å². The molecule has 0 amide bonds. The second-order valence-electron chi connectivity index (χ2n) is 3.68. The maximum Gasteiger partial charge on any atom is 0.0534 e. The van der Waals surface area contributed by atoms with Gasteiger partial charge in [0.15, 0.2) is 0 Å². The zero-order valence-electron chi connectivity index (χ0n) is 9.24. The van der Waals surface area contributed by atoms with Gasteiger partial charge in [-0.1, -0.05) is 23.2 Å². The Labute approximate surface area is 110 Å². The van der Waals surface area contributed by atoms with Crippen molar-refractivity contribution in [1.29, 1.82) is 0 Å². The van der Waals surface area contributed by atoms with E-state index in [1.54, 1.807) is 12.3 Å². The van der Waals surface area contributed by atoms with Crippen LogP contribution in [0.2, 0.25) is 10.0 Å². The highest BCUT2D eigenvalue weighted by molar-refractivity contribution is 6.33. The lowest BCUT2D eigenvalue weighted by Gasteiger charge is -2.07. The lowest BCUT2D eigenvalue weighted by atomic mass is 10.2. The average Bonchev–Trinajstić information content (AvgIpc) is 2.82. The summed E-state index contributed by atoms with van der Waals surface area (Å²) in [4.78, 5) is 0. The molecule has 0 spiro atoms. The average molecular weight is 270 g/mol. The molecule has 90 valence electrons. The van der Waals surface area contributed by atoms with E-state index >= 15 is 0 Å². The Morgan fingerprint density at radius 1 is 1.29 bits per heavy atom. The zero-order chi connectivity index (χ0) is 12.1. The summed E-state index contributed by atoms with van der Waals surface area (Å²) < 4.78 is 1.88. The number of hydrogen-bond acceptors (Lipinski definition) is 2. The molecule has 0 fully saturated rings. The molecule has 0 aliphatic carbocycles. The highest BCUT2D eigenvalue weighted by atomic mass is 35.5. The highest BCUT2D eigenvalue weighted by Gasteiger charge is 2.00. The monoisotopic (exact) mass is 269 g/mol. The first-order chi connectivity index (χ1) is 8.25. The van der Waals surface area contributed by atoms with Crippen molar-refractivity contribution in [2.75, 3.05) is 6.54 Å². The summed E-state index contributed by atoms with van der Waals surface area (Å²) in [7, 11) is 0. The van der Waals surface area contributed by atoms with Crippen LogP contribution in [0.25, 0.3) is 0 Å². The lowest BCUT2D eigenvalue weighted by Crippen LogP contribution is -2.19. The molecule has 17 heavy (non-hydrogen) atoms. The predicted molar refractivity (Wildman–Crippen MR) is 70.4 cm³/mol. The molecule has 3 nitrogen and oxygen atoms in total. The molecule has 0 aliphatic rings. The van der Waals surface area contributed by atoms with E-state index in [-0.39, 0.29) is 0 Å². The molecule has 0 bridgehead atoms. The van der Waals surface area contributed by atoms with Crippen LogP contribution in [0.5, 0.6) is 0 Å². The molecule has 1 heterocycles. The predicted octanol–water partition coefficient (Wildman–Crippen LogP) is 2.98. The van der Waals surface area contributed by atoms with Gasteiger partial charge in [0, 0.05) is 35.5 Å². The van der Waals surface area contributed by atoms with E-state index in [1.165, 1.54) is 0 Å². The molecule has 0 saturated heterocycles. The van der Waals surface area contributed by atoms with E-state index in [2.05, 4.69) is 10.4 Å². The number of hydrogen-bond donors (Lipinski definition) is 1. The van der Waals surface area contributed by atoms with Gasteiger partial charge in [0.05, 0.1) is 6.54 Å². The fourth-order valence-electron chi connectivity index (χ4n) is 1.53. The van der Waals surface area contributed by atoms with Crippen LogP contribution < -0.4 is 5.32 Å². The smallest absolute Gasteiger partial charge is 0.0534 e. The first kappa shape index (κ1) is 12.4. The molecule has 0 atom stereocenters. The molecule has 1 aromatic heterocycles. The van der Waals surface area contributed by atoms with Gasteiger partial charge < -0.3 is 5.32 Å². The van der Waals surface area contributed by atoms with E-state index in [9.17, 15) is 0 Å². The summed E-state index contributed by atoms with van der Waals surface area (Å²) in [5.74, 6) is 0. The van der Waals surface area contributed by atoms with E-state index in [1.807, 2.05) is 29.1 Å². The van der Waals surface area contributed by atoms with Crippen LogP contribution in [-0.2, 0) is 13.1 Å². The topological polar surface area (TPSA) is 29.9 Å². The number of nitrogens with one attached hydrogen (secondary N) is 1. The summed E-state index contributed by atoms with van der Waals surface area (Å²) in [5, 5.41) is 8.87. The molecule has 0 radical (unpaired) electrons. The summed E-state index contributed by atoms with van der Waals surface area (Å²) in [5.41, 5.74) is 1.01. The van der Waals surface area contributed by atoms with Gasteiger partial charge in [0.2, 0.25) is 0 Å². The standard InChI is InChI=1S/C12H13Cl2N3/c13-11-2-3-12(14)10(8-11)9-15-5-7-17-6-1-4-16-17/h1-4,6,8,15H,5,7,9H2. The van der Waals surface area contributed by atoms with Crippen molar-refractivity contribution in [1.82, 2.24) is 15.1 Å². The van der Waals surface area contributed by atoms with E-state index in [4.69, 9.17) is 23.2 Å². The third-order valence-electron chi connectivity index (χ3n) is 2.40. The number of benzene rings is 1. The Morgan fingerprint density at radius 3 is 2.94 bits per heavy atom. The minimum Gasteiger partial charge on any atom is -0.311 e. The van der Waals surface area contributed by atoms with E-state index < -0.39 is 0 Å². The van der Waals surface area contributed by atoms with Crippen molar-refractivity contribution in [2.24, 2.45) is 0 Å². The third kappa shape index (κ3) is 3.73. The molecule has 1 N–H and O–H groups in total. The molecule has 0 unspecified atom stereocenters. The van der Waals surface area contributed by atoms with Gasteiger partial charge in [-0.2, -0.15) is 5.10 Å². The van der Waals surface area contributed by atoms with Crippen LogP contribution >= 0.6 is 23.2 Å². The molecular weight excluding hydrogens is 257 g/mol. The first-order valence-electron chi connectivity index (χ1n) is 5.38. The van der Waals surface area contributed by atoms with Crippen LogP contribution in [0, 0.1) is 0 Å². The maximum absolute atomic E-state index is 6.06. The summed E-state index contributed by atoms with van der Waals surface area (Å²) in [6.45, 7) is 2.39. The fourth-order valence-corrected chi connectivity index (χ4v) is 1.91. The van der Waals surface area contributed by atoms with Crippen molar-refractivity contribution in [3.05, 3.63) is 52.3 Å². The van der Waals surface area contributed by atoms with Crippen LogP contribution in [0.15, 0.2) is 36.7 Å². The Hall–Kier alpha value is -1.03. The molecule has 5 heteroatoms. The highest BCUT2D eigenvalue weighted by Crippen LogP contribution is 2.20. The molecule has 2 aromatic rings. The van der Waals surface area contributed by atoms with Gasteiger partial charge in [0.25, 0.3) is 0 Å². The summed E-state index contributed by atoms with van der Waals surface area (Å²) in [6, 6.07) is 7.39. The fraction of sp³-hybridized carbons (Fsp3) is 0.250. The first-order valence-corrected chi connectivity index (χ1v) is 6.13. The number of aromatic nitrogens is 2. The van der Waals surface area contributed by atoms with Crippen molar-refractivity contribution in [2.45, 2.75) is 13.1 Å². The Kier molecular flexibility index (Phi) is 4.42. The Morgan fingerprint density at radius 2 is 2.18 bits per heavy atom. The number of nitrogens with zero attached hydrogens (tertiary/aromatic N) is 2. The maximum atomic E-state index is 6.06. The summed E-state index contributed by atoms with van der Waals surface area (Å²) in [6.07, 6.45) is 3.71. The molecule has 0 aliphatic heterocycles. The van der Waals surface area contributed by atoms with Gasteiger partial charge in [-0.3, -0.25) is 4.68 Å². The number of rotatable bonds is 5. The molecule has 2 rings (SSSR count). The third-order valence-corrected chi connectivity index (χ3v) is 3.00. The van der Waals surface area contributed by atoms with Crippen LogP contribution in [0.3, 0.4) is 0 Å². The van der Waals surface area contributed by atoms with Crippen molar-refractivity contribution in [3.8, 4) is 0 Å². The van der Waals surface area contributed by atoms with Crippen molar-refractivity contribution >= 4 is 23.2 Å². The van der Waals surface area contributed by atoms with Gasteiger partial charge in [0.1, 0.15) is 0 Å². The van der Waals surface area contributed by atoms with Gasteiger partial charge >= 0.3 is 0 Å². The SMILES string of the molecule is Clc1ccc(Cl)c(CNCCn2cccn2)c1. The quantitative estimate of drug-likeness (QED) is 0.846. The Balaban J connectivity index is 1.80. The van der Waals surface area contributed by atoms with Gasteiger partial charge in [-0.15, -0.1) is 0 Å². The van der Waals surface area contributed by atoms with Gasteiger partial charge in [-0.05, 0) is 29.8 Å². The lowest BCUT2D eigenvalue weighted by molar-refractivity contribution is 0.555. The molecule has 0 saturated carbocycles. The van der Waals surface area contributed by atoms with E-state index in [0.29, 0.717) is 11.6 Å². The molecular formula is C12H13Cl2N3. The second-order valence-corrected chi connectivity index (χ2v) is 4.53. The van der Waals surface area contributed by atoms with Crippen LogP contribution in [0.4, 0.5) is 0 Å². The Bertz CT molecular complexity index is 469. The van der Waals surface area contributed by atoms with Crippen molar-refractivity contribution < 1.29 is 0 Å². The molecule has 1 aromatic carbocycles. The van der Waals surface area contributed by atoms with Crippen LogP contribution in [-0.4, -0.2) is 16.3 Å². The van der Waals surface area contributed by atoms with E-state index in [0.717, 1.165) is 23.7 Å². The van der Waals surface area contributed by atoms with Crippen LogP contribution in [0.1, 0.15) is 5.56 Å². The minimum absolute atomic E-state index is 0.707. The number of halogens is 2.